The van der Waals surface area contributed by atoms with Gasteiger partial charge in [0, 0.05) is 24.6 Å². The zero-order chi connectivity index (χ0) is 22.7. The first kappa shape index (κ1) is 22.2. The van der Waals surface area contributed by atoms with Gasteiger partial charge in [-0.05, 0) is 49.8 Å². The normalized spacial score (nSPS) is 17.3. The van der Waals surface area contributed by atoms with Gasteiger partial charge in [0.2, 0.25) is 0 Å². The minimum absolute atomic E-state index is 0.123. The fourth-order valence-corrected chi connectivity index (χ4v) is 3.71. The number of nitrogens with zero attached hydrogens (tertiary/aromatic N) is 3. The smallest absolute Gasteiger partial charge is 0.355 e. The number of benzene rings is 1. The number of halogens is 3. The van der Waals surface area contributed by atoms with Crippen molar-refractivity contribution in [3.8, 4) is 0 Å². The maximum Gasteiger partial charge on any atom is 0.417 e. The van der Waals surface area contributed by atoms with Gasteiger partial charge in [-0.3, -0.25) is 14.4 Å². The van der Waals surface area contributed by atoms with E-state index >= 15 is 0 Å². The van der Waals surface area contributed by atoms with E-state index in [-0.39, 0.29) is 11.3 Å². The molecule has 10 heteroatoms. The molecule has 2 heterocycles. The molecule has 2 aliphatic rings. The minimum atomic E-state index is -4.57. The SMILES string of the molecule is O=C(NOCC1CC1)c1ccc(N2CCC(C(=O)c3ccccc3C(F)(F)F)CC2)nn1. The Morgan fingerprint density at radius 2 is 1.75 bits per heavy atom. The van der Waals surface area contributed by atoms with Crippen molar-refractivity contribution >= 4 is 17.5 Å². The van der Waals surface area contributed by atoms with Gasteiger partial charge in [0.05, 0.1) is 12.2 Å². The molecule has 1 aromatic carbocycles. The minimum Gasteiger partial charge on any atom is -0.355 e. The van der Waals surface area contributed by atoms with Crippen molar-refractivity contribution < 1.29 is 27.6 Å². The molecule has 0 bridgehead atoms. The molecule has 4 rings (SSSR count). The van der Waals surface area contributed by atoms with Gasteiger partial charge in [-0.15, -0.1) is 10.2 Å². The number of aromatic nitrogens is 2. The molecule has 1 amide bonds. The highest BCUT2D eigenvalue weighted by molar-refractivity contribution is 5.99. The Hall–Kier alpha value is -3.01. The van der Waals surface area contributed by atoms with Crippen LogP contribution in [0.25, 0.3) is 0 Å². The van der Waals surface area contributed by atoms with E-state index in [1.54, 1.807) is 6.07 Å². The average molecular weight is 448 g/mol. The van der Waals surface area contributed by atoms with Crippen LogP contribution in [0.5, 0.6) is 0 Å². The second-order valence-electron chi connectivity index (χ2n) is 8.13. The van der Waals surface area contributed by atoms with Gasteiger partial charge in [0.1, 0.15) is 0 Å². The molecule has 1 aromatic heterocycles. The topological polar surface area (TPSA) is 84.4 Å². The summed E-state index contributed by atoms with van der Waals surface area (Å²) in [5.74, 6) is -0.391. The Balaban J connectivity index is 1.32. The first-order valence-electron chi connectivity index (χ1n) is 10.5. The summed E-state index contributed by atoms with van der Waals surface area (Å²) >= 11 is 0. The Labute approximate surface area is 182 Å². The number of Topliss-reactive ketones (excluding diaryl/α,β-unsaturated/α-hetero) is 1. The molecule has 0 spiro atoms. The molecule has 7 nitrogen and oxygen atoms in total. The summed E-state index contributed by atoms with van der Waals surface area (Å²) in [5.41, 5.74) is 1.29. The van der Waals surface area contributed by atoms with Gasteiger partial charge in [0.15, 0.2) is 17.3 Å². The third-order valence-electron chi connectivity index (χ3n) is 5.75. The summed E-state index contributed by atoms with van der Waals surface area (Å²) in [6.45, 7) is 1.39. The van der Waals surface area contributed by atoms with E-state index in [2.05, 4.69) is 15.7 Å². The molecule has 1 N–H and O–H groups in total. The lowest BCUT2D eigenvalue weighted by molar-refractivity contribution is -0.137. The van der Waals surface area contributed by atoms with Gasteiger partial charge in [0.25, 0.3) is 5.91 Å². The summed E-state index contributed by atoms with van der Waals surface area (Å²) in [6, 6.07) is 8.10. The Bertz CT molecular complexity index is 969. The van der Waals surface area contributed by atoms with Crippen molar-refractivity contribution in [3.63, 3.8) is 0 Å². The summed E-state index contributed by atoms with van der Waals surface area (Å²) < 4.78 is 39.7. The van der Waals surface area contributed by atoms with Gasteiger partial charge >= 0.3 is 6.18 Å². The van der Waals surface area contributed by atoms with E-state index in [0.29, 0.717) is 44.3 Å². The standard InChI is InChI=1S/C22H23F3N4O3/c23-22(24,25)17-4-2-1-3-16(17)20(30)15-9-11-29(12-10-15)19-8-7-18(26-27-19)21(31)28-32-13-14-5-6-14/h1-4,7-8,14-15H,5-6,9-13H2,(H,28,31). The van der Waals surface area contributed by atoms with Crippen LogP contribution in [0.1, 0.15) is 52.1 Å². The third-order valence-corrected chi connectivity index (χ3v) is 5.75. The van der Waals surface area contributed by atoms with E-state index in [1.807, 2.05) is 4.90 Å². The number of anilines is 1. The summed E-state index contributed by atoms with van der Waals surface area (Å²) in [4.78, 5) is 31.8. The van der Waals surface area contributed by atoms with E-state index in [9.17, 15) is 22.8 Å². The van der Waals surface area contributed by atoms with E-state index in [4.69, 9.17) is 4.84 Å². The number of hydroxylamine groups is 1. The number of nitrogens with one attached hydrogen (secondary N) is 1. The van der Waals surface area contributed by atoms with Crippen molar-refractivity contribution in [3.05, 3.63) is 53.2 Å². The van der Waals surface area contributed by atoms with Crippen LogP contribution in [0, 0.1) is 11.8 Å². The van der Waals surface area contributed by atoms with Crippen LogP contribution in [0.15, 0.2) is 36.4 Å². The zero-order valence-corrected chi connectivity index (χ0v) is 17.3. The molecule has 1 saturated heterocycles. The molecule has 0 unspecified atom stereocenters. The van der Waals surface area contributed by atoms with Crippen LogP contribution >= 0.6 is 0 Å². The second-order valence-corrected chi connectivity index (χ2v) is 8.13. The van der Waals surface area contributed by atoms with Crippen molar-refractivity contribution in [1.82, 2.24) is 15.7 Å². The molecular weight excluding hydrogens is 425 g/mol. The van der Waals surface area contributed by atoms with Crippen molar-refractivity contribution in [2.45, 2.75) is 31.9 Å². The van der Waals surface area contributed by atoms with Crippen molar-refractivity contribution in [1.29, 1.82) is 0 Å². The van der Waals surface area contributed by atoms with E-state index in [1.165, 1.54) is 24.3 Å². The number of piperidine rings is 1. The largest absolute Gasteiger partial charge is 0.417 e. The first-order valence-corrected chi connectivity index (χ1v) is 10.5. The van der Waals surface area contributed by atoms with Crippen LogP contribution in [-0.2, 0) is 11.0 Å². The lowest BCUT2D eigenvalue weighted by atomic mass is 9.87. The summed E-state index contributed by atoms with van der Waals surface area (Å²) in [6.07, 6.45) is -1.53. The molecule has 1 aliphatic heterocycles. The fourth-order valence-electron chi connectivity index (χ4n) is 3.71. The molecule has 2 fully saturated rings. The van der Waals surface area contributed by atoms with Crippen LogP contribution in [0.3, 0.4) is 0 Å². The number of ketones is 1. The van der Waals surface area contributed by atoms with Gasteiger partial charge in [-0.2, -0.15) is 13.2 Å². The van der Waals surface area contributed by atoms with Crippen LogP contribution < -0.4 is 10.4 Å². The van der Waals surface area contributed by atoms with Crippen molar-refractivity contribution in [2.24, 2.45) is 11.8 Å². The number of amides is 1. The van der Waals surface area contributed by atoms with Crippen LogP contribution in [0.2, 0.25) is 0 Å². The molecule has 1 saturated carbocycles. The Morgan fingerprint density at radius 3 is 2.38 bits per heavy atom. The predicted molar refractivity (Wildman–Crippen MR) is 109 cm³/mol. The molecule has 0 atom stereocenters. The molecule has 170 valence electrons. The number of hydrogen-bond donors (Lipinski definition) is 1. The summed E-state index contributed by atoms with van der Waals surface area (Å²) in [5, 5.41) is 8.01. The molecular formula is C22H23F3N4O3. The van der Waals surface area contributed by atoms with Gasteiger partial charge < -0.3 is 4.90 Å². The fraction of sp³-hybridized carbons (Fsp3) is 0.455. The Kier molecular flexibility index (Phi) is 6.40. The summed E-state index contributed by atoms with van der Waals surface area (Å²) in [7, 11) is 0. The number of alkyl halides is 3. The van der Waals surface area contributed by atoms with Gasteiger partial charge in [-0.25, -0.2) is 5.48 Å². The molecule has 1 aliphatic carbocycles. The molecule has 0 radical (unpaired) electrons. The zero-order valence-electron chi connectivity index (χ0n) is 17.3. The Morgan fingerprint density at radius 1 is 1.03 bits per heavy atom. The molecule has 2 aromatic rings. The van der Waals surface area contributed by atoms with Crippen molar-refractivity contribution in [2.75, 3.05) is 24.6 Å². The van der Waals surface area contributed by atoms with Gasteiger partial charge in [-0.1, -0.05) is 18.2 Å². The van der Waals surface area contributed by atoms with E-state index in [0.717, 1.165) is 18.9 Å². The number of hydrogen-bond acceptors (Lipinski definition) is 6. The second kappa shape index (κ2) is 9.23. The maximum atomic E-state index is 13.2. The predicted octanol–water partition coefficient (Wildman–Crippen LogP) is 3.67. The number of rotatable bonds is 7. The molecule has 32 heavy (non-hydrogen) atoms. The number of carbonyl (C=O) groups is 2. The highest BCUT2D eigenvalue weighted by Gasteiger charge is 2.37. The van der Waals surface area contributed by atoms with Crippen LogP contribution in [-0.4, -0.2) is 41.6 Å². The third kappa shape index (κ3) is 5.24. The monoisotopic (exact) mass is 448 g/mol. The van der Waals surface area contributed by atoms with E-state index < -0.39 is 29.3 Å². The first-order chi connectivity index (χ1) is 15.3. The quantitative estimate of drug-likeness (QED) is 0.514. The maximum absolute atomic E-state index is 13.2. The average Bonchev–Trinajstić information content (AvgIpc) is 3.63. The van der Waals surface area contributed by atoms with Crippen LogP contribution in [0.4, 0.5) is 19.0 Å². The lowest BCUT2D eigenvalue weighted by Gasteiger charge is -2.32. The highest BCUT2D eigenvalue weighted by Crippen LogP contribution is 2.34. The lowest BCUT2D eigenvalue weighted by Crippen LogP contribution is -2.37. The highest BCUT2D eigenvalue weighted by atomic mass is 19.4. The number of carbonyl (C=O) groups excluding carboxylic acids is 2.